The minimum atomic E-state index is -1.07. The van der Waals surface area contributed by atoms with Crippen LogP contribution in [0.3, 0.4) is 0 Å². The van der Waals surface area contributed by atoms with E-state index in [1.54, 1.807) is 19.3 Å². The Morgan fingerprint density at radius 3 is 2.76 bits per heavy atom. The monoisotopic (exact) mass is 323 g/mol. The molecule has 0 bridgehead atoms. The minimum absolute atomic E-state index is 0.00209. The summed E-state index contributed by atoms with van der Waals surface area (Å²) in [5.41, 5.74) is 0.00209. The van der Waals surface area contributed by atoms with E-state index in [0.717, 1.165) is 4.90 Å². The number of aromatic nitrogens is 2. The second-order valence-electron chi connectivity index (χ2n) is 4.14. The molecule has 2 aromatic heterocycles. The SMILES string of the molecule is CC(NC(=O)CSc1ccncc1)c1nc(C(=O)O)cs1. The third-order valence-electron chi connectivity index (χ3n) is 2.51. The van der Waals surface area contributed by atoms with E-state index in [0.29, 0.717) is 5.01 Å². The molecule has 0 fully saturated rings. The number of nitrogens with zero attached hydrogens (tertiary/aromatic N) is 2. The van der Waals surface area contributed by atoms with Gasteiger partial charge >= 0.3 is 5.97 Å². The lowest BCUT2D eigenvalue weighted by molar-refractivity contribution is -0.119. The summed E-state index contributed by atoms with van der Waals surface area (Å²) < 4.78 is 0. The number of rotatable bonds is 6. The number of amides is 1. The topological polar surface area (TPSA) is 92.2 Å². The first-order chi connectivity index (χ1) is 10.1. The van der Waals surface area contributed by atoms with E-state index in [4.69, 9.17) is 5.11 Å². The Balaban J connectivity index is 1.85. The van der Waals surface area contributed by atoms with Crippen LogP contribution in [0.15, 0.2) is 34.8 Å². The van der Waals surface area contributed by atoms with Crippen LogP contribution in [0.5, 0.6) is 0 Å². The van der Waals surface area contributed by atoms with Gasteiger partial charge in [-0.1, -0.05) is 0 Å². The van der Waals surface area contributed by atoms with E-state index in [9.17, 15) is 9.59 Å². The predicted molar refractivity (Wildman–Crippen MR) is 80.6 cm³/mol. The molecule has 0 aromatic carbocycles. The van der Waals surface area contributed by atoms with Gasteiger partial charge in [0, 0.05) is 22.7 Å². The van der Waals surface area contributed by atoms with Crippen LogP contribution in [0.2, 0.25) is 0 Å². The number of nitrogens with one attached hydrogen (secondary N) is 1. The van der Waals surface area contributed by atoms with E-state index < -0.39 is 5.97 Å². The number of thiazole rings is 1. The summed E-state index contributed by atoms with van der Waals surface area (Å²) in [7, 11) is 0. The van der Waals surface area contributed by atoms with Crippen molar-refractivity contribution in [3.8, 4) is 0 Å². The van der Waals surface area contributed by atoms with Crippen molar-refractivity contribution in [2.75, 3.05) is 5.75 Å². The molecule has 2 aromatic rings. The van der Waals surface area contributed by atoms with Crippen LogP contribution in [0.1, 0.15) is 28.5 Å². The minimum Gasteiger partial charge on any atom is -0.476 e. The molecular weight excluding hydrogens is 310 g/mol. The van der Waals surface area contributed by atoms with Gasteiger partial charge in [0.25, 0.3) is 0 Å². The van der Waals surface area contributed by atoms with Crippen LogP contribution in [-0.2, 0) is 4.79 Å². The smallest absolute Gasteiger partial charge is 0.355 e. The van der Waals surface area contributed by atoms with Gasteiger partial charge in [0.05, 0.1) is 11.8 Å². The Bertz CT molecular complexity index is 631. The van der Waals surface area contributed by atoms with Crippen LogP contribution in [0, 0.1) is 0 Å². The molecular formula is C13H13N3O3S2. The van der Waals surface area contributed by atoms with Crippen molar-refractivity contribution in [2.45, 2.75) is 17.9 Å². The highest BCUT2D eigenvalue weighted by Crippen LogP contribution is 2.19. The second kappa shape index (κ2) is 7.19. The zero-order chi connectivity index (χ0) is 15.2. The van der Waals surface area contributed by atoms with Crippen molar-refractivity contribution in [3.05, 3.63) is 40.6 Å². The number of hydrogen-bond acceptors (Lipinski definition) is 6. The fraction of sp³-hybridized carbons (Fsp3) is 0.231. The number of carbonyl (C=O) groups excluding carboxylic acids is 1. The average molecular weight is 323 g/mol. The number of pyridine rings is 1. The lowest BCUT2D eigenvalue weighted by Gasteiger charge is -2.10. The molecule has 2 N–H and O–H groups in total. The van der Waals surface area contributed by atoms with Gasteiger partial charge in [-0.05, 0) is 19.1 Å². The first-order valence-electron chi connectivity index (χ1n) is 6.07. The second-order valence-corrected chi connectivity index (χ2v) is 6.08. The number of carboxylic acid groups (broad SMARTS) is 1. The third-order valence-corrected chi connectivity index (χ3v) is 4.55. The lowest BCUT2D eigenvalue weighted by atomic mass is 10.3. The van der Waals surface area contributed by atoms with E-state index in [1.165, 1.54) is 28.5 Å². The molecule has 1 atom stereocenters. The average Bonchev–Trinajstić information content (AvgIpc) is 2.96. The molecule has 0 saturated heterocycles. The Labute approximate surface area is 129 Å². The van der Waals surface area contributed by atoms with Crippen molar-refractivity contribution >= 4 is 35.0 Å². The zero-order valence-electron chi connectivity index (χ0n) is 11.1. The van der Waals surface area contributed by atoms with Gasteiger partial charge in [0.2, 0.25) is 5.91 Å². The summed E-state index contributed by atoms with van der Waals surface area (Å²) in [5.74, 6) is -0.911. The van der Waals surface area contributed by atoms with E-state index in [2.05, 4.69) is 15.3 Å². The normalized spacial score (nSPS) is 11.9. The van der Waals surface area contributed by atoms with Crippen molar-refractivity contribution in [1.82, 2.24) is 15.3 Å². The summed E-state index contributed by atoms with van der Waals surface area (Å²) in [4.78, 5) is 31.5. The van der Waals surface area contributed by atoms with E-state index in [1.807, 2.05) is 12.1 Å². The molecule has 2 rings (SSSR count). The van der Waals surface area contributed by atoms with Gasteiger partial charge in [-0.2, -0.15) is 0 Å². The molecule has 110 valence electrons. The first kappa shape index (κ1) is 15.5. The molecule has 2 heterocycles. The van der Waals surface area contributed by atoms with E-state index >= 15 is 0 Å². The van der Waals surface area contributed by atoms with Crippen LogP contribution in [0.4, 0.5) is 0 Å². The van der Waals surface area contributed by atoms with Gasteiger partial charge in [-0.25, -0.2) is 9.78 Å². The third kappa shape index (κ3) is 4.54. The Hall–Kier alpha value is -1.93. The van der Waals surface area contributed by atoms with Crippen molar-refractivity contribution in [1.29, 1.82) is 0 Å². The van der Waals surface area contributed by atoms with Crippen molar-refractivity contribution in [2.24, 2.45) is 0 Å². The molecule has 0 radical (unpaired) electrons. The van der Waals surface area contributed by atoms with Crippen LogP contribution < -0.4 is 5.32 Å². The zero-order valence-corrected chi connectivity index (χ0v) is 12.8. The highest BCUT2D eigenvalue weighted by atomic mass is 32.2. The number of carboxylic acids is 1. The Morgan fingerprint density at radius 2 is 2.14 bits per heavy atom. The van der Waals surface area contributed by atoms with Crippen molar-refractivity contribution < 1.29 is 14.7 Å². The molecule has 8 heteroatoms. The summed E-state index contributed by atoms with van der Waals surface area (Å²) in [6, 6.07) is 3.36. The number of carbonyl (C=O) groups is 2. The number of aromatic carboxylic acids is 1. The first-order valence-corrected chi connectivity index (χ1v) is 7.93. The molecule has 0 aliphatic carbocycles. The van der Waals surface area contributed by atoms with E-state index in [-0.39, 0.29) is 23.4 Å². The lowest BCUT2D eigenvalue weighted by Crippen LogP contribution is -2.28. The number of hydrogen-bond donors (Lipinski definition) is 2. The molecule has 1 unspecified atom stereocenters. The van der Waals surface area contributed by atoms with Crippen LogP contribution >= 0.6 is 23.1 Å². The van der Waals surface area contributed by atoms with Crippen LogP contribution in [0.25, 0.3) is 0 Å². The molecule has 0 aliphatic heterocycles. The summed E-state index contributed by atoms with van der Waals surface area (Å²) in [6.45, 7) is 1.78. The van der Waals surface area contributed by atoms with Gasteiger partial charge in [0.1, 0.15) is 5.01 Å². The molecule has 0 spiro atoms. The van der Waals surface area contributed by atoms with Crippen LogP contribution in [-0.4, -0.2) is 32.7 Å². The quantitative estimate of drug-likeness (QED) is 0.792. The molecule has 0 saturated carbocycles. The standard InChI is InChI=1S/C13H13N3O3S2/c1-8(12-16-10(6-21-12)13(18)19)15-11(17)7-20-9-2-4-14-5-3-9/h2-6,8H,7H2,1H3,(H,15,17)(H,18,19). The Morgan fingerprint density at radius 1 is 1.43 bits per heavy atom. The molecule has 6 nitrogen and oxygen atoms in total. The number of thioether (sulfide) groups is 1. The summed E-state index contributed by atoms with van der Waals surface area (Å²) in [5, 5.41) is 13.7. The van der Waals surface area contributed by atoms with Gasteiger partial charge < -0.3 is 10.4 Å². The maximum atomic E-state index is 11.9. The Kier molecular flexibility index (Phi) is 5.29. The maximum absolute atomic E-state index is 11.9. The predicted octanol–water partition coefficient (Wildman–Crippen LogP) is 2.21. The molecule has 0 aliphatic rings. The molecule has 21 heavy (non-hydrogen) atoms. The summed E-state index contributed by atoms with van der Waals surface area (Å²) in [6.07, 6.45) is 3.34. The van der Waals surface area contributed by atoms with Gasteiger partial charge in [-0.15, -0.1) is 23.1 Å². The fourth-order valence-electron chi connectivity index (χ4n) is 1.51. The van der Waals surface area contributed by atoms with Crippen molar-refractivity contribution in [3.63, 3.8) is 0 Å². The highest BCUT2D eigenvalue weighted by molar-refractivity contribution is 8.00. The largest absolute Gasteiger partial charge is 0.476 e. The van der Waals surface area contributed by atoms with Gasteiger partial charge in [-0.3, -0.25) is 9.78 Å². The fourth-order valence-corrected chi connectivity index (χ4v) is 3.01. The highest BCUT2D eigenvalue weighted by Gasteiger charge is 2.15. The summed E-state index contributed by atoms with van der Waals surface area (Å²) >= 11 is 2.63. The van der Waals surface area contributed by atoms with Gasteiger partial charge in [0.15, 0.2) is 5.69 Å². The molecule has 1 amide bonds. The maximum Gasteiger partial charge on any atom is 0.355 e.